The highest BCUT2D eigenvalue weighted by molar-refractivity contribution is 7.09. The summed E-state index contributed by atoms with van der Waals surface area (Å²) < 4.78 is 4.34. The van der Waals surface area contributed by atoms with Crippen LogP contribution >= 0.6 is 11.5 Å². The number of aryl methyl sites for hydroxylation is 1. The van der Waals surface area contributed by atoms with Gasteiger partial charge >= 0.3 is 0 Å². The van der Waals surface area contributed by atoms with Gasteiger partial charge in [0.15, 0.2) is 0 Å². The summed E-state index contributed by atoms with van der Waals surface area (Å²) >= 11 is 1.49. The molecule has 0 saturated carbocycles. The molecule has 0 spiro atoms. The number of aromatic nitrogens is 2. The van der Waals surface area contributed by atoms with Crippen molar-refractivity contribution in [1.82, 2.24) is 14.3 Å². The Bertz CT molecular complexity index is 366. The Morgan fingerprint density at radius 3 is 3.11 bits per heavy atom. The number of hydrogen-bond acceptors (Lipinski definition) is 5. The van der Waals surface area contributed by atoms with Crippen LogP contribution in [0.5, 0.6) is 0 Å². The Balaban J connectivity index is 1.62. The van der Waals surface area contributed by atoms with E-state index in [0.717, 1.165) is 36.4 Å². The maximum Gasteiger partial charge on any atom is 0.202 e. The van der Waals surface area contributed by atoms with Gasteiger partial charge in [-0.15, -0.1) is 0 Å². The molecule has 4 nitrogen and oxygen atoms in total. The molecule has 2 heterocycles. The summed E-state index contributed by atoms with van der Waals surface area (Å²) in [4.78, 5) is 7.10. The van der Waals surface area contributed by atoms with E-state index in [4.69, 9.17) is 0 Å². The minimum Gasteiger partial charge on any atom is -0.360 e. The lowest BCUT2D eigenvalue weighted by Crippen LogP contribution is -2.38. The van der Waals surface area contributed by atoms with Crippen LogP contribution < -0.4 is 5.32 Å². The molecule has 1 aliphatic heterocycles. The highest BCUT2D eigenvalue weighted by Gasteiger charge is 2.17. The fraction of sp³-hybridized carbons (Fsp3) is 0.857. The molecular weight excluding hydrogens is 256 g/mol. The van der Waals surface area contributed by atoms with Gasteiger partial charge in [-0.25, -0.2) is 4.98 Å². The molecule has 0 aliphatic carbocycles. The van der Waals surface area contributed by atoms with Crippen LogP contribution in [-0.2, 0) is 6.42 Å². The molecule has 2 rings (SSSR count). The molecule has 1 N–H and O–H groups in total. The van der Waals surface area contributed by atoms with Crippen LogP contribution in [0.1, 0.15) is 51.8 Å². The number of hydrogen-bond donors (Lipinski definition) is 1. The Morgan fingerprint density at radius 2 is 2.32 bits per heavy atom. The first-order chi connectivity index (χ1) is 9.29. The van der Waals surface area contributed by atoms with E-state index >= 15 is 0 Å². The summed E-state index contributed by atoms with van der Waals surface area (Å²) in [7, 11) is 0. The van der Waals surface area contributed by atoms with Crippen molar-refractivity contribution in [3.8, 4) is 0 Å². The van der Waals surface area contributed by atoms with Gasteiger partial charge in [-0.05, 0) is 39.2 Å². The van der Waals surface area contributed by atoms with Gasteiger partial charge < -0.3 is 10.2 Å². The van der Waals surface area contributed by atoms with E-state index in [1.54, 1.807) is 0 Å². The lowest BCUT2D eigenvalue weighted by molar-refractivity contribution is 0.160. The minimum absolute atomic E-state index is 0.770. The topological polar surface area (TPSA) is 41.1 Å². The number of piperidine rings is 1. The first kappa shape index (κ1) is 14.7. The fourth-order valence-electron chi connectivity index (χ4n) is 2.62. The van der Waals surface area contributed by atoms with Crippen LogP contribution in [0, 0.1) is 0 Å². The summed E-state index contributed by atoms with van der Waals surface area (Å²) in [5, 5.41) is 4.38. The summed E-state index contributed by atoms with van der Waals surface area (Å²) in [6.07, 6.45) is 7.43. The quantitative estimate of drug-likeness (QED) is 0.780. The van der Waals surface area contributed by atoms with Crippen molar-refractivity contribution in [2.75, 3.05) is 25.0 Å². The molecular formula is C14H26N4S. The molecule has 1 atom stereocenters. The van der Waals surface area contributed by atoms with Gasteiger partial charge in [0, 0.05) is 37.1 Å². The van der Waals surface area contributed by atoms with Crippen molar-refractivity contribution in [1.29, 1.82) is 0 Å². The first-order valence-corrected chi connectivity index (χ1v) is 8.37. The fourth-order valence-corrected chi connectivity index (χ4v) is 3.25. The lowest BCUT2D eigenvalue weighted by atomic mass is 10.0. The van der Waals surface area contributed by atoms with E-state index in [9.17, 15) is 0 Å². The number of likely N-dealkylation sites (tertiary alicyclic amines) is 1. The zero-order chi connectivity index (χ0) is 13.5. The van der Waals surface area contributed by atoms with Crippen molar-refractivity contribution in [2.45, 2.75) is 58.4 Å². The summed E-state index contributed by atoms with van der Waals surface area (Å²) in [5.74, 6) is 0.986. The van der Waals surface area contributed by atoms with E-state index in [-0.39, 0.29) is 0 Å². The minimum atomic E-state index is 0.770. The molecule has 5 heteroatoms. The van der Waals surface area contributed by atoms with Gasteiger partial charge in [0.05, 0.1) is 0 Å². The third-order valence-electron chi connectivity index (χ3n) is 3.78. The summed E-state index contributed by atoms with van der Waals surface area (Å²) in [6, 6.07) is 0.770. The molecule has 1 fully saturated rings. The van der Waals surface area contributed by atoms with E-state index in [1.807, 2.05) is 0 Å². The third kappa shape index (κ3) is 4.73. The van der Waals surface area contributed by atoms with E-state index in [0.29, 0.717) is 0 Å². The van der Waals surface area contributed by atoms with E-state index in [1.165, 1.54) is 50.3 Å². The molecule has 0 aromatic carbocycles. The third-order valence-corrected chi connectivity index (χ3v) is 4.49. The number of anilines is 1. The number of rotatable bonds is 7. The van der Waals surface area contributed by atoms with Gasteiger partial charge in [-0.2, -0.15) is 4.37 Å². The number of nitrogens with zero attached hydrogens (tertiary/aromatic N) is 3. The second kappa shape index (κ2) is 7.80. The van der Waals surface area contributed by atoms with Gasteiger partial charge in [-0.3, -0.25) is 0 Å². The molecule has 1 aliphatic rings. The second-order valence-electron chi connectivity index (χ2n) is 5.43. The molecule has 1 aromatic rings. The smallest absolute Gasteiger partial charge is 0.202 e. The molecule has 0 amide bonds. The summed E-state index contributed by atoms with van der Waals surface area (Å²) in [6.45, 7) is 8.00. The zero-order valence-electron chi connectivity index (χ0n) is 12.2. The maximum absolute atomic E-state index is 4.48. The average Bonchev–Trinajstić information content (AvgIpc) is 2.85. The zero-order valence-corrected chi connectivity index (χ0v) is 13.0. The molecule has 0 radical (unpaired) electrons. The van der Waals surface area contributed by atoms with Crippen LogP contribution in [0.25, 0.3) is 0 Å². The molecule has 0 bridgehead atoms. The average molecular weight is 282 g/mol. The van der Waals surface area contributed by atoms with E-state index < -0.39 is 0 Å². The predicted octanol–water partition coefficient (Wildman–Crippen LogP) is 3.17. The lowest BCUT2D eigenvalue weighted by Gasteiger charge is -2.33. The van der Waals surface area contributed by atoms with Crippen LogP contribution in [0.15, 0.2) is 0 Å². The van der Waals surface area contributed by atoms with Gasteiger partial charge in [0.25, 0.3) is 0 Å². The molecule has 19 heavy (non-hydrogen) atoms. The maximum atomic E-state index is 4.48. The highest BCUT2D eigenvalue weighted by Crippen LogP contribution is 2.16. The Hall–Kier alpha value is -0.680. The highest BCUT2D eigenvalue weighted by atomic mass is 32.1. The van der Waals surface area contributed by atoms with Crippen LogP contribution in [0.4, 0.5) is 5.13 Å². The normalized spacial score (nSPS) is 20.6. The SMILES string of the molecule is CCCc1nsc(NCCCN2CCCCC2C)n1. The standard InChI is InChI=1S/C14H26N4S/c1-3-7-13-16-14(19-17-13)15-9-6-11-18-10-5-4-8-12(18)2/h12H,3-11H2,1-2H3,(H,15,16,17). The van der Waals surface area contributed by atoms with Gasteiger partial charge in [-0.1, -0.05) is 13.3 Å². The van der Waals surface area contributed by atoms with Crippen molar-refractivity contribution in [2.24, 2.45) is 0 Å². The predicted molar refractivity (Wildman–Crippen MR) is 81.9 cm³/mol. The van der Waals surface area contributed by atoms with Crippen molar-refractivity contribution in [3.05, 3.63) is 5.82 Å². The largest absolute Gasteiger partial charge is 0.360 e. The van der Waals surface area contributed by atoms with Gasteiger partial charge in [0.2, 0.25) is 5.13 Å². The Labute approximate surface area is 120 Å². The van der Waals surface area contributed by atoms with Crippen LogP contribution in [0.2, 0.25) is 0 Å². The Morgan fingerprint density at radius 1 is 1.42 bits per heavy atom. The number of nitrogens with one attached hydrogen (secondary N) is 1. The van der Waals surface area contributed by atoms with Gasteiger partial charge in [0.1, 0.15) is 5.82 Å². The van der Waals surface area contributed by atoms with Crippen LogP contribution in [-0.4, -0.2) is 39.9 Å². The second-order valence-corrected chi connectivity index (χ2v) is 6.18. The van der Waals surface area contributed by atoms with Crippen molar-refractivity contribution < 1.29 is 0 Å². The monoisotopic (exact) mass is 282 g/mol. The van der Waals surface area contributed by atoms with Crippen molar-refractivity contribution in [3.63, 3.8) is 0 Å². The molecule has 1 unspecified atom stereocenters. The molecule has 108 valence electrons. The molecule has 1 aromatic heterocycles. The summed E-state index contributed by atoms with van der Waals surface area (Å²) in [5.41, 5.74) is 0. The van der Waals surface area contributed by atoms with Crippen LogP contribution in [0.3, 0.4) is 0 Å². The van der Waals surface area contributed by atoms with Crippen molar-refractivity contribution >= 4 is 16.7 Å². The Kier molecular flexibility index (Phi) is 6.04. The first-order valence-electron chi connectivity index (χ1n) is 7.60. The molecule has 1 saturated heterocycles. The van der Waals surface area contributed by atoms with E-state index in [2.05, 4.69) is 33.4 Å².